The standard InChI is InChI=1S/C7H6F2O/c8-7(9)4-2-1-3-6(7)5-10/h1-6H. The third-order valence-corrected chi connectivity index (χ3v) is 1.34. The monoisotopic (exact) mass is 144 g/mol. The second-order valence-electron chi connectivity index (χ2n) is 2.08. The quantitative estimate of drug-likeness (QED) is 0.510. The van der Waals surface area contributed by atoms with Crippen LogP contribution in [-0.4, -0.2) is 12.2 Å². The Balaban J connectivity index is 2.84. The zero-order valence-electron chi connectivity index (χ0n) is 5.13. The van der Waals surface area contributed by atoms with E-state index >= 15 is 0 Å². The van der Waals surface area contributed by atoms with Crippen molar-refractivity contribution in [2.75, 3.05) is 0 Å². The van der Waals surface area contributed by atoms with Crippen molar-refractivity contribution in [3.63, 3.8) is 0 Å². The highest BCUT2D eigenvalue weighted by Crippen LogP contribution is 2.28. The molecular weight excluding hydrogens is 138 g/mol. The van der Waals surface area contributed by atoms with E-state index in [1.54, 1.807) is 0 Å². The largest absolute Gasteiger partial charge is 0.302 e. The average Bonchev–Trinajstić information content (AvgIpc) is 1.87. The Labute approximate surface area is 57.0 Å². The van der Waals surface area contributed by atoms with Gasteiger partial charge in [-0.25, -0.2) is 8.78 Å². The van der Waals surface area contributed by atoms with Crippen LogP contribution in [0, 0.1) is 5.92 Å². The second-order valence-corrected chi connectivity index (χ2v) is 2.08. The number of carbonyl (C=O) groups is 1. The van der Waals surface area contributed by atoms with Gasteiger partial charge in [0.05, 0.1) is 0 Å². The fourth-order valence-corrected chi connectivity index (χ4v) is 0.743. The maximum absolute atomic E-state index is 12.5. The number of carbonyl (C=O) groups excluding carboxylic acids is 1. The summed E-state index contributed by atoms with van der Waals surface area (Å²) in [5.74, 6) is -4.27. The summed E-state index contributed by atoms with van der Waals surface area (Å²) in [6.07, 6.45) is 4.84. The van der Waals surface area contributed by atoms with Gasteiger partial charge in [0.1, 0.15) is 12.2 Å². The number of hydrogen-bond acceptors (Lipinski definition) is 1. The van der Waals surface area contributed by atoms with E-state index in [1.165, 1.54) is 18.2 Å². The summed E-state index contributed by atoms with van der Waals surface area (Å²) in [5.41, 5.74) is 0. The van der Waals surface area contributed by atoms with Crippen molar-refractivity contribution in [1.82, 2.24) is 0 Å². The fraction of sp³-hybridized carbons (Fsp3) is 0.286. The normalized spacial score (nSPS) is 28.4. The maximum atomic E-state index is 12.5. The SMILES string of the molecule is O=CC1C=CC=CC1(F)F. The van der Waals surface area contributed by atoms with Crippen LogP contribution in [0.2, 0.25) is 0 Å². The van der Waals surface area contributed by atoms with Crippen molar-refractivity contribution >= 4 is 6.29 Å². The van der Waals surface area contributed by atoms with Gasteiger partial charge in [0, 0.05) is 0 Å². The van der Waals surface area contributed by atoms with E-state index in [2.05, 4.69) is 0 Å². The van der Waals surface area contributed by atoms with Gasteiger partial charge in [-0.15, -0.1) is 0 Å². The summed E-state index contributed by atoms with van der Waals surface area (Å²) in [5, 5.41) is 0. The lowest BCUT2D eigenvalue weighted by molar-refractivity contribution is -0.116. The molecule has 0 aliphatic heterocycles. The van der Waals surface area contributed by atoms with Gasteiger partial charge < -0.3 is 4.79 Å². The number of allylic oxidation sites excluding steroid dienone is 4. The van der Waals surface area contributed by atoms with Crippen molar-refractivity contribution in [1.29, 1.82) is 0 Å². The van der Waals surface area contributed by atoms with Crippen LogP contribution in [0.25, 0.3) is 0 Å². The summed E-state index contributed by atoms with van der Waals surface area (Å²) in [6, 6.07) is 0. The molecule has 0 saturated carbocycles. The Hall–Kier alpha value is -0.990. The van der Waals surface area contributed by atoms with Crippen LogP contribution in [0.15, 0.2) is 24.3 Å². The minimum Gasteiger partial charge on any atom is -0.302 e. The van der Waals surface area contributed by atoms with Crippen molar-refractivity contribution in [2.45, 2.75) is 5.92 Å². The zero-order valence-corrected chi connectivity index (χ0v) is 5.13. The van der Waals surface area contributed by atoms with Crippen LogP contribution in [0.4, 0.5) is 8.78 Å². The number of rotatable bonds is 1. The van der Waals surface area contributed by atoms with E-state index in [0.717, 1.165) is 6.08 Å². The minimum atomic E-state index is -2.99. The Bertz CT molecular complexity index is 194. The van der Waals surface area contributed by atoms with Gasteiger partial charge in [-0.2, -0.15) is 0 Å². The molecule has 3 heteroatoms. The molecule has 1 aliphatic carbocycles. The first-order valence-corrected chi connectivity index (χ1v) is 2.86. The van der Waals surface area contributed by atoms with E-state index in [-0.39, 0.29) is 6.29 Å². The summed E-state index contributed by atoms with van der Waals surface area (Å²) >= 11 is 0. The summed E-state index contributed by atoms with van der Waals surface area (Å²) in [7, 11) is 0. The third kappa shape index (κ3) is 1.12. The van der Waals surface area contributed by atoms with Gasteiger partial charge in [-0.05, 0) is 6.08 Å². The van der Waals surface area contributed by atoms with E-state index < -0.39 is 11.8 Å². The molecule has 54 valence electrons. The average molecular weight is 144 g/mol. The molecule has 1 unspecified atom stereocenters. The maximum Gasteiger partial charge on any atom is 0.279 e. The first-order chi connectivity index (χ1) is 4.67. The predicted molar refractivity (Wildman–Crippen MR) is 32.8 cm³/mol. The summed E-state index contributed by atoms with van der Waals surface area (Å²) < 4.78 is 25.0. The van der Waals surface area contributed by atoms with Crippen LogP contribution in [0.1, 0.15) is 0 Å². The fourth-order valence-electron chi connectivity index (χ4n) is 0.743. The molecule has 1 atom stereocenters. The molecule has 0 spiro atoms. The summed E-state index contributed by atoms with van der Waals surface area (Å²) in [6.45, 7) is 0. The highest BCUT2D eigenvalue weighted by Gasteiger charge is 2.35. The van der Waals surface area contributed by atoms with Crippen LogP contribution in [0.5, 0.6) is 0 Å². The van der Waals surface area contributed by atoms with Crippen molar-refractivity contribution in [3.05, 3.63) is 24.3 Å². The number of aldehydes is 1. The first kappa shape index (κ1) is 7.12. The van der Waals surface area contributed by atoms with Crippen LogP contribution in [-0.2, 0) is 4.79 Å². The van der Waals surface area contributed by atoms with Gasteiger partial charge in [-0.3, -0.25) is 0 Å². The lowest BCUT2D eigenvalue weighted by Crippen LogP contribution is -2.26. The lowest BCUT2D eigenvalue weighted by atomic mass is 9.98. The second kappa shape index (κ2) is 2.33. The van der Waals surface area contributed by atoms with Crippen molar-refractivity contribution < 1.29 is 13.6 Å². The number of halogens is 2. The van der Waals surface area contributed by atoms with E-state index in [1.807, 2.05) is 0 Å². The van der Waals surface area contributed by atoms with Gasteiger partial charge in [-0.1, -0.05) is 18.2 Å². The Morgan fingerprint density at radius 1 is 1.40 bits per heavy atom. The van der Waals surface area contributed by atoms with Crippen LogP contribution >= 0.6 is 0 Å². The third-order valence-electron chi connectivity index (χ3n) is 1.34. The number of alkyl halides is 2. The van der Waals surface area contributed by atoms with E-state index in [0.29, 0.717) is 0 Å². The molecule has 1 nitrogen and oxygen atoms in total. The predicted octanol–water partition coefficient (Wildman–Crippen LogP) is 1.56. The zero-order chi connectivity index (χ0) is 7.61. The first-order valence-electron chi connectivity index (χ1n) is 2.86. The minimum absolute atomic E-state index is 0.250. The van der Waals surface area contributed by atoms with Gasteiger partial charge >= 0.3 is 0 Å². The van der Waals surface area contributed by atoms with Gasteiger partial charge in [0.2, 0.25) is 0 Å². The molecule has 0 heterocycles. The van der Waals surface area contributed by atoms with Crippen LogP contribution < -0.4 is 0 Å². The molecule has 0 saturated heterocycles. The smallest absolute Gasteiger partial charge is 0.279 e. The summed E-state index contributed by atoms with van der Waals surface area (Å²) in [4.78, 5) is 10.0. The van der Waals surface area contributed by atoms with Crippen molar-refractivity contribution in [2.24, 2.45) is 5.92 Å². The van der Waals surface area contributed by atoms with E-state index in [4.69, 9.17) is 0 Å². The number of hydrogen-bond donors (Lipinski definition) is 0. The van der Waals surface area contributed by atoms with Crippen LogP contribution in [0.3, 0.4) is 0 Å². The molecule has 0 bridgehead atoms. The lowest BCUT2D eigenvalue weighted by Gasteiger charge is -2.17. The molecule has 1 aliphatic rings. The molecule has 10 heavy (non-hydrogen) atoms. The Kier molecular flexibility index (Phi) is 1.66. The van der Waals surface area contributed by atoms with Crippen molar-refractivity contribution in [3.8, 4) is 0 Å². The molecule has 0 fully saturated rings. The molecule has 0 aromatic heterocycles. The van der Waals surface area contributed by atoms with Gasteiger partial charge in [0.15, 0.2) is 0 Å². The highest BCUT2D eigenvalue weighted by molar-refractivity contribution is 5.60. The molecule has 0 radical (unpaired) electrons. The topological polar surface area (TPSA) is 17.1 Å². The molecule has 0 N–H and O–H groups in total. The molecule has 0 aromatic carbocycles. The Morgan fingerprint density at radius 3 is 2.50 bits per heavy atom. The molecule has 0 amide bonds. The molecule has 0 aromatic rings. The molecule has 1 rings (SSSR count). The highest BCUT2D eigenvalue weighted by atomic mass is 19.3. The molecular formula is C7H6F2O. The Morgan fingerprint density at radius 2 is 2.10 bits per heavy atom. The van der Waals surface area contributed by atoms with Gasteiger partial charge in [0.25, 0.3) is 5.92 Å². The van der Waals surface area contributed by atoms with E-state index in [9.17, 15) is 13.6 Å².